The van der Waals surface area contributed by atoms with Crippen molar-refractivity contribution in [2.45, 2.75) is 63.6 Å². The maximum atomic E-state index is 13.6. The molecule has 2 aliphatic carbocycles. The SMILES string of the molecule is COCC(=O)NC1CCC(NC(=O)C2=C(C)NC(c3c(OCC4CC4)ccc4c3OCO4)c3cc[nH]c32)CC1. The fourth-order valence-corrected chi connectivity index (χ4v) is 5.81. The molecule has 39 heavy (non-hydrogen) atoms. The molecule has 4 aliphatic rings. The number of methoxy groups -OCH3 is 1. The predicted molar refractivity (Wildman–Crippen MR) is 143 cm³/mol. The number of allylic oxidation sites excluding steroid dienone is 1. The molecule has 2 aliphatic heterocycles. The van der Waals surface area contributed by atoms with Gasteiger partial charge in [0.2, 0.25) is 12.7 Å². The van der Waals surface area contributed by atoms with Crippen molar-refractivity contribution in [1.29, 1.82) is 0 Å². The molecule has 1 unspecified atom stereocenters. The molecule has 2 fully saturated rings. The highest BCUT2D eigenvalue weighted by Crippen LogP contribution is 2.48. The second-order valence-electron chi connectivity index (χ2n) is 10.9. The lowest BCUT2D eigenvalue weighted by molar-refractivity contribution is -0.125. The van der Waals surface area contributed by atoms with Crippen LogP contribution in [0.15, 0.2) is 30.1 Å². The van der Waals surface area contributed by atoms with Crippen molar-refractivity contribution >= 4 is 17.4 Å². The molecule has 10 heteroatoms. The third kappa shape index (κ3) is 5.30. The van der Waals surface area contributed by atoms with Gasteiger partial charge in [0.15, 0.2) is 11.5 Å². The number of ether oxygens (including phenoxy) is 4. The number of hydrogen-bond acceptors (Lipinski definition) is 7. The number of H-pyrrole nitrogens is 1. The maximum absolute atomic E-state index is 13.6. The van der Waals surface area contributed by atoms with E-state index in [1.54, 1.807) is 0 Å². The standard InChI is InChI=1S/C29H36N4O6/c1-16-24(29(35)33-19-7-5-18(6-8-19)32-23(34)14-36-2)26-20(11-12-30-26)27(31-16)25-21(37-13-17-3-4-17)9-10-22-28(25)39-15-38-22/h9-12,17-19,27,30-31H,3-8,13-15H2,1-2H3,(H,32,34)(H,33,35). The van der Waals surface area contributed by atoms with Crippen LogP contribution >= 0.6 is 0 Å². The Morgan fingerprint density at radius 1 is 1.03 bits per heavy atom. The van der Waals surface area contributed by atoms with Crippen molar-refractivity contribution in [1.82, 2.24) is 20.9 Å². The highest BCUT2D eigenvalue weighted by Gasteiger charge is 2.37. The van der Waals surface area contributed by atoms with Crippen LogP contribution < -0.4 is 30.2 Å². The van der Waals surface area contributed by atoms with E-state index >= 15 is 0 Å². The van der Waals surface area contributed by atoms with Crippen LogP contribution in [0.5, 0.6) is 17.2 Å². The van der Waals surface area contributed by atoms with Crippen molar-refractivity contribution in [2.24, 2.45) is 5.92 Å². The molecule has 0 radical (unpaired) electrons. The minimum absolute atomic E-state index is 0.0508. The molecule has 2 amide bonds. The Morgan fingerprint density at radius 2 is 1.79 bits per heavy atom. The lowest BCUT2D eigenvalue weighted by atomic mass is 9.88. The van der Waals surface area contributed by atoms with Crippen LogP contribution in [0.2, 0.25) is 0 Å². The summed E-state index contributed by atoms with van der Waals surface area (Å²) in [5.74, 6) is 2.54. The summed E-state index contributed by atoms with van der Waals surface area (Å²) in [5.41, 5.74) is 4.01. The van der Waals surface area contributed by atoms with Gasteiger partial charge in [-0.25, -0.2) is 0 Å². The van der Waals surface area contributed by atoms with E-state index in [1.165, 1.54) is 20.0 Å². The number of benzene rings is 1. The molecule has 0 saturated heterocycles. The van der Waals surface area contributed by atoms with Crippen LogP contribution in [-0.2, 0) is 14.3 Å². The first kappa shape index (κ1) is 25.6. The summed E-state index contributed by atoms with van der Waals surface area (Å²) in [4.78, 5) is 28.7. The van der Waals surface area contributed by atoms with E-state index in [0.717, 1.165) is 54.0 Å². The van der Waals surface area contributed by atoms with Crippen LogP contribution in [0.1, 0.15) is 68.3 Å². The number of rotatable bonds is 9. The van der Waals surface area contributed by atoms with Crippen LogP contribution in [0, 0.1) is 5.92 Å². The van der Waals surface area contributed by atoms with Gasteiger partial charge in [-0.3, -0.25) is 9.59 Å². The van der Waals surface area contributed by atoms with E-state index in [-0.39, 0.29) is 43.3 Å². The Kier molecular flexibility index (Phi) is 7.12. The van der Waals surface area contributed by atoms with Crippen molar-refractivity contribution in [3.8, 4) is 17.2 Å². The lowest BCUT2D eigenvalue weighted by Crippen LogP contribution is -2.45. The van der Waals surface area contributed by atoms with Gasteiger partial charge in [0.25, 0.3) is 5.91 Å². The Labute approximate surface area is 227 Å². The van der Waals surface area contributed by atoms with Crippen LogP contribution in [0.4, 0.5) is 0 Å². The van der Waals surface area contributed by atoms with E-state index in [2.05, 4.69) is 20.9 Å². The summed E-state index contributed by atoms with van der Waals surface area (Å²) in [6.45, 7) is 2.84. The van der Waals surface area contributed by atoms with Crippen molar-refractivity contribution in [3.63, 3.8) is 0 Å². The number of nitrogens with one attached hydrogen (secondary N) is 4. The van der Waals surface area contributed by atoms with Crippen LogP contribution in [-0.4, -0.2) is 56.0 Å². The smallest absolute Gasteiger partial charge is 0.255 e. The van der Waals surface area contributed by atoms with Crippen molar-refractivity contribution < 1.29 is 28.5 Å². The summed E-state index contributed by atoms with van der Waals surface area (Å²) < 4.78 is 22.8. The predicted octanol–water partition coefficient (Wildman–Crippen LogP) is 3.15. The number of aromatic nitrogens is 1. The van der Waals surface area contributed by atoms with Gasteiger partial charge in [-0.2, -0.15) is 0 Å². The summed E-state index contributed by atoms with van der Waals surface area (Å²) in [6.07, 6.45) is 7.51. The van der Waals surface area contributed by atoms with Gasteiger partial charge < -0.3 is 39.9 Å². The Morgan fingerprint density at radius 3 is 2.54 bits per heavy atom. The molecule has 3 heterocycles. The van der Waals surface area contributed by atoms with Gasteiger partial charge in [0.05, 0.1) is 29.5 Å². The van der Waals surface area contributed by atoms with Crippen molar-refractivity contribution in [2.75, 3.05) is 27.1 Å². The maximum Gasteiger partial charge on any atom is 0.255 e. The number of fused-ring (bicyclic) bond motifs is 2. The monoisotopic (exact) mass is 536 g/mol. The van der Waals surface area contributed by atoms with E-state index in [1.807, 2.05) is 31.3 Å². The second-order valence-corrected chi connectivity index (χ2v) is 10.9. The number of amides is 2. The van der Waals surface area contributed by atoms with Gasteiger partial charge in [-0.05, 0) is 69.6 Å². The minimum Gasteiger partial charge on any atom is -0.493 e. The van der Waals surface area contributed by atoms with Gasteiger partial charge in [-0.1, -0.05) is 0 Å². The highest BCUT2D eigenvalue weighted by molar-refractivity contribution is 6.20. The third-order valence-corrected chi connectivity index (χ3v) is 8.00. The Balaban J connectivity index is 1.19. The zero-order chi connectivity index (χ0) is 26.9. The molecule has 0 bridgehead atoms. The second kappa shape index (κ2) is 10.8. The largest absolute Gasteiger partial charge is 0.493 e. The molecule has 10 nitrogen and oxygen atoms in total. The first-order valence-electron chi connectivity index (χ1n) is 13.8. The zero-order valence-corrected chi connectivity index (χ0v) is 22.4. The third-order valence-electron chi connectivity index (χ3n) is 8.00. The molecule has 4 N–H and O–H groups in total. The summed E-state index contributed by atoms with van der Waals surface area (Å²) in [6, 6.07) is 5.75. The van der Waals surface area contributed by atoms with Crippen LogP contribution in [0.3, 0.4) is 0 Å². The quantitative estimate of drug-likeness (QED) is 0.388. The number of carbonyl (C=O) groups excluding carboxylic acids is 2. The van der Waals surface area contributed by atoms with Gasteiger partial charge in [-0.15, -0.1) is 0 Å². The average Bonchev–Trinajstić information content (AvgIpc) is 3.40. The van der Waals surface area contributed by atoms with Gasteiger partial charge >= 0.3 is 0 Å². The fraction of sp³-hybridized carbons (Fsp3) is 0.517. The molecule has 2 aromatic rings. The fourth-order valence-electron chi connectivity index (χ4n) is 5.81. The average molecular weight is 537 g/mol. The molecule has 6 rings (SSSR count). The topological polar surface area (TPSA) is 123 Å². The highest BCUT2D eigenvalue weighted by atomic mass is 16.7. The molecule has 0 spiro atoms. The Bertz CT molecular complexity index is 1270. The van der Waals surface area contributed by atoms with E-state index in [4.69, 9.17) is 18.9 Å². The normalized spacial score (nSPS) is 23.6. The first-order chi connectivity index (χ1) is 19.0. The Hall–Kier alpha value is -3.66. The van der Waals surface area contributed by atoms with Gasteiger partial charge in [0.1, 0.15) is 12.4 Å². The summed E-state index contributed by atoms with van der Waals surface area (Å²) in [5, 5.41) is 9.82. The van der Waals surface area contributed by atoms with E-state index in [0.29, 0.717) is 29.6 Å². The number of aromatic amines is 1. The summed E-state index contributed by atoms with van der Waals surface area (Å²) >= 11 is 0. The molecular formula is C29H36N4O6. The number of carbonyl (C=O) groups is 2. The molecule has 1 aromatic heterocycles. The molecule has 1 aromatic carbocycles. The summed E-state index contributed by atoms with van der Waals surface area (Å²) in [7, 11) is 1.51. The van der Waals surface area contributed by atoms with Crippen LogP contribution in [0.25, 0.3) is 5.57 Å². The van der Waals surface area contributed by atoms with E-state index in [9.17, 15) is 9.59 Å². The molecular weight excluding hydrogens is 500 g/mol. The first-order valence-corrected chi connectivity index (χ1v) is 13.8. The molecule has 208 valence electrons. The van der Waals surface area contributed by atoms with E-state index < -0.39 is 0 Å². The minimum atomic E-state index is -0.264. The lowest BCUT2D eigenvalue weighted by Gasteiger charge is -2.32. The molecule has 1 atom stereocenters. The number of hydrogen-bond donors (Lipinski definition) is 4. The van der Waals surface area contributed by atoms with Gasteiger partial charge in [0, 0.05) is 36.7 Å². The molecule has 2 saturated carbocycles. The zero-order valence-electron chi connectivity index (χ0n) is 22.4. The van der Waals surface area contributed by atoms with Crippen molar-refractivity contribution in [3.05, 3.63) is 46.9 Å².